The molecular weight excluding hydrogens is 166 g/mol. The lowest BCUT2D eigenvalue weighted by Gasteiger charge is -2.27. The van der Waals surface area contributed by atoms with Gasteiger partial charge in [0.15, 0.2) is 0 Å². The zero-order chi connectivity index (χ0) is 10.4. The molecule has 0 radical (unpaired) electrons. The normalized spacial score (nSPS) is 13.7. The van der Waals surface area contributed by atoms with Gasteiger partial charge in [-0.2, -0.15) is 0 Å². The Kier molecular flexibility index (Phi) is 5.71. The van der Waals surface area contributed by atoms with Crippen molar-refractivity contribution in [2.24, 2.45) is 5.92 Å². The molecule has 0 bridgehead atoms. The van der Waals surface area contributed by atoms with Crippen LogP contribution in [0.4, 0.5) is 0 Å². The zero-order valence-corrected chi connectivity index (χ0v) is 9.08. The summed E-state index contributed by atoms with van der Waals surface area (Å²) in [5.41, 5.74) is 0. The monoisotopic (exact) mass is 187 g/mol. The Morgan fingerprint density at radius 3 is 2.00 bits per heavy atom. The van der Waals surface area contributed by atoms with E-state index in [1.807, 2.05) is 18.7 Å². The molecule has 0 amide bonds. The second kappa shape index (κ2) is 5.97. The summed E-state index contributed by atoms with van der Waals surface area (Å²) < 4.78 is 0. The minimum atomic E-state index is -0.697. The van der Waals surface area contributed by atoms with E-state index in [0.29, 0.717) is 5.92 Å². The van der Waals surface area contributed by atoms with E-state index < -0.39 is 5.97 Å². The van der Waals surface area contributed by atoms with Gasteiger partial charge < -0.3 is 5.11 Å². The Morgan fingerprint density at radius 1 is 1.31 bits per heavy atom. The number of likely N-dealkylation sites (N-methyl/N-ethyl adjacent to an activating group) is 1. The number of aliphatic carboxylic acids is 1. The Labute approximate surface area is 80.7 Å². The third kappa shape index (κ3) is 4.27. The van der Waals surface area contributed by atoms with Crippen LogP contribution in [0.15, 0.2) is 0 Å². The molecule has 0 spiro atoms. The van der Waals surface area contributed by atoms with Crippen molar-refractivity contribution in [3.05, 3.63) is 0 Å². The lowest BCUT2D eigenvalue weighted by molar-refractivity contribution is -0.143. The molecule has 0 aliphatic carbocycles. The molecule has 3 nitrogen and oxygen atoms in total. The van der Waals surface area contributed by atoms with E-state index in [9.17, 15) is 4.79 Å². The minimum absolute atomic E-state index is 0.310. The minimum Gasteiger partial charge on any atom is -0.480 e. The largest absolute Gasteiger partial charge is 0.480 e. The fraction of sp³-hybridized carbons (Fsp3) is 0.900. The number of hydrogen-bond acceptors (Lipinski definition) is 2. The van der Waals surface area contributed by atoms with Crippen LogP contribution >= 0.6 is 0 Å². The fourth-order valence-electron chi connectivity index (χ4n) is 1.52. The first-order valence-electron chi connectivity index (χ1n) is 4.99. The average Bonchev–Trinajstić information content (AvgIpc) is 2.04. The van der Waals surface area contributed by atoms with Crippen LogP contribution in [-0.2, 0) is 4.79 Å². The zero-order valence-electron chi connectivity index (χ0n) is 9.08. The van der Waals surface area contributed by atoms with Gasteiger partial charge in [0.05, 0.1) is 0 Å². The maximum absolute atomic E-state index is 11.0. The summed E-state index contributed by atoms with van der Waals surface area (Å²) in [4.78, 5) is 12.9. The number of nitrogens with zero attached hydrogens (tertiary/aromatic N) is 1. The summed E-state index contributed by atoms with van der Waals surface area (Å²) in [7, 11) is 0. The molecule has 0 heterocycles. The van der Waals surface area contributed by atoms with Gasteiger partial charge in [0.1, 0.15) is 6.04 Å². The van der Waals surface area contributed by atoms with Crippen LogP contribution in [0.2, 0.25) is 0 Å². The molecule has 0 aromatic heterocycles. The van der Waals surface area contributed by atoms with Gasteiger partial charge in [0.25, 0.3) is 0 Å². The molecule has 1 N–H and O–H groups in total. The highest BCUT2D eigenvalue weighted by Gasteiger charge is 2.23. The van der Waals surface area contributed by atoms with E-state index in [0.717, 1.165) is 19.5 Å². The molecule has 0 aliphatic rings. The maximum atomic E-state index is 11.0. The van der Waals surface area contributed by atoms with Crippen LogP contribution in [0, 0.1) is 5.92 Å². The molecule has 1 atom stereocenters. The van der Waals surface area contributed by atoms with Crippen LogP contribution in [0.3, 0.4) is 0 Å². The Bertz CT molecular complexity index is 153. The first-order valence-corrected chi connectivity index (χ1v) is 4.99. The molecule has 13 heavy (non-hydrogen) atoms. The average molecular weight is 187 g/mol. The van der Waals surface area contributed by atoms with Gasteiger partial charge in [0.2, 0.25) is 0 Å². The summed E-state index contributed by atoms with van der Waals surface area (Å²) >= 11 is 0. The third-order valence-electron chi connectivity index (χ3n) is 2.23. The van der Waals surface area contributed by atoms with Crippen molar-refractivity contribution in [3.8, 4) is 0 Å². The van der Waals surface area contributed by atoms with Crippen molar-refractivity contribution >= 4 is 5.97 Å². The summed E-state index contributed by atoms with van der Waals surface area (Å²) in [5.74, 6) is -0.265. The highest BCUT2D eigenvalue weighted by atomic mass is 16.4. The van der Waals surface area contributed by atoms with Crippen molar-refractivity contribution in [1.29, 1.82) is 0 Å². The first-order chi connectivity index (χ1) is 6.02. The summed E-state index contributed by atoms with van der Waals surface area (Å²) in [6, 6.07) is -0.310. The molecule has 78 valence electrons. The number of carboxylic acid groups (broad SMARTS) is 1. The van der Waals surface area contributed by atoms with Crippen molar-refractivity contribution in [1.82, 2.24) is 4.90 Å². The van der Waals surface area contributed by atoms with Gasteiger partial charge >= 0.3 is 5.97 Å². The van der Waals surface area contributed by atoms with E-state index in [4.69, 9.17) is 5.11 Å². The van der Waals surface area contributed by atoms with Crippen molar-refractivity contribution in [2.45, 2.75) is 40.2 Å². The number of carbonyl (C=O) groups is 1. The third-order valence-corrected chi connectivity index (χ3v) is 2.23. The second-order valence-electron chi connectivity index (χ2n) is 3.70. The van der Waals surface area contributed by atoms with Crippen LogP contribution in [0.1, 0.15) is 34.1 Å². The van der Waals surface area contributed by atoms with Crippen LogP contribution in [0.25, 0.3) is 0 Å². The van der Waals surface area contributed by atoms with Gasteiger partial charge in [-0.1, -0.05) is 27.7 Å². The van der Waals surface area contributed by atoms with Crippen molar-refractivity contribution in [2.75, 3.05) is 13.1 Å². The molecule has 0 aromatic carbocycles. The molecule has 0 fully saturated rings. The lowest BCUT2D eigenvalue weighted by Crippen LogP contribution is -2.41. The second-order valence-corrected chi connectivity index (χ2v) is 3.70. The first kappa shape index (κ1) is 12.4. The topological polar surface area (TPSA) is 40.5 Å². The van der Waals surface area contributed by atoms with Crippen molar-refractivity contribution in [3.63, 3.8) is 0 Å². The van der Waals surface area contributed by atoms with E-state index in [1.54, 1.807) is 0 Å². The molecule has 0 saturated heterocycles. The maximum Gasteiger partial charge on any atom is 0.320 e. The predicted octanol–water partition coefficient (Wildman–Crippen LogP) is 1.83. The predicted molar refractivity (Wildman–Crippen MR) is 53.8 cm³/mol. The van der Waals surface area contributed by atoms with Gasteiger partial charge in [-0.3, -0.25) is 9.69 Å². The summed E-state index contributed by atoms with van der Waals surface area (Å²) in [6.07, 6.45) is 0.733. The van der Waals surface area contributed by atoms with Gasteiger partial charge in [-0.05, 0) is 25.4 Å². The highest BCUT2D eigenvalue weighted by molar-refractivity contribution is 5.73. The van der Waals surface area contributed by atoms with Gasteiger partial charge in [-0.15, -0.1) is 0 Å². The molecule has 0 saturated carbocycles. The Morgan fingerprint density at radius 2 is 1.77 bits per heavy atom. The molecule has 3 heteroatoms. The Balaban J connectivity index is 4.30. The van der Waals surface area contributed by atoms with Crippen LogP contribution < -0.4 is 0 Å². The van der Waals surface area contributed by atoms with E-state index in [-0.39, 0.29) is 6.04 Å². The molecule has 0 aromatic rings. The van der Waals surface area contributed by atoms with Gasteiger partial charge in [-0.25, -0.2) is 0 Å². The number of hydrogen-bond donors (Lipinski definition) is 1. The van der Waals surface area contributed by atoms with Gasteiger partial charge in [0, 0.05) is 0 Å². The standard InChI is InChI=1S/C10H21NO2/c1-5-11(6-2)9(10(12)13)7-8(3)4/h8-9H,5-7H2,1-4H3,(H,12,13)/t9-/m1/s1. The molecule has 0 unspecified atom stereocenters. The number of carboxylic acids is 1. The SMILES string of the molecule is CCN(CC)[C@H](CC(C)C)C(=O)O. The number of rotatable bonds is 6. The summed E-state index contributed by atoms with van der Waals surface area (Å²) in [6.45, 7) is 9.72. The van der Waals surface area contributed by atoms with E-state index in [2.05, 4.69) is 13.8 Å². The van der Waals surface area contributed by atoms with Crippen LogP contribution in [0.5, 0.6) is 0 Å². The molecule has 0 aliphatic heterocycles. The van der Waals surface area contributed by atoms with Crippen LogP contribution in [-0.4, -0.2) is 35.1 Å². The quantitative estimate of drug-likeness (QED) is 0.689. The fourth-order valence-corrected chi connectivity index (χ4v) is 1.52. The van der Waals surface area contributed by atoms with E-state index >= 15 is 0 Å². The highest BCUT2D eigenvalue weighted by Crippen LogP contribution is 2.11. The lowest BCUT2D eigenvalue weighted by atomic mass is 10.0. The smallest absolute Gasteiger partial charge is 0.320 e. The Hall–Kier alpha value is -0.570. The molecule has 0 rings (SSSR count). The van der Waals surface area contributed by atoms with E-state index in [1.165, 1.54) is 0 Å². The van der Waals surface area contributed by atoms with Crippen molar-refractivity contribution < 1.29 is 9.90 Å². The summed E-state index contributed by atoms with van der Waals surface area (Å²) in [5, 5.41) is 9.01. The molecular formula is C10H21NO2.